The van der Waals surface area contributed by atoms with Gasteiger partial charge in [-0.05, 0) is 17.2 Å². The van der Waals surface area contributed by atoms with Gasteiger partial charge in [0.2, 0.25) is 0 Å². The van der Waals surface area contributed by atoms with E-state index in [0.717, 1.165) is 5.69 Å². The molecule has 2 aromatic carbocycles. The topological polar surface area (TPSA) is 12.9 Å². The van der Waals surface area contributed by atoms with Gasteiger partial charge in [-0.2, -0.15) is 0 Å². The first kappa shape index (κ1) is 13.5. The molecule has 0 saturated heterocycles. The number of rotatable bonds is 0. The molecule has 2 heteroatoms. The quantitative estimate of drug-likeness (QED) is 0.478. The first-order chi connectivity index (χ1) is 9.19. The van der Waals surface area contributed by atoms with Crippen LogP contribution in [0.2, 0.25) is 0 Å². The Morgan fingerprint density at radius 2 is 1.85 bits per heavy atom. The average Bonchev–Trinajstić information content (AvgIpc) is 2.68. The average molecular weight is 437 g/mol. The van der Waals surface area contributed by atoms with E-state index >= 15 is 0 Å². The Kier molecular flexibility index (Phi) is 3.04. The SMILES string of the molecule is CC1(C)c2cccnc2-c2[c-]cc3ccccc3c21.[Ir]. The molecule has 1 heterocycles. The number of benzene rings is 2. The van der Waals surface area contributed by atoms with Gasteiger partial charge in [0.25, 0.3) is 0 Å². The number of aromatic nitrogens is 1. The largest absolute Gasteiger partial charge is 0.304 e. The van der Waals surface area contributed by atoms with Crippen molar-refractivity contribution < 1.29 is 20.1 Å². The Labute approximate surface area is 132 Å². The number of pyridine rings is 1. The van der Waals surface area contributed by atoms with Crippen molar-refractivity contribution in [3.05, 3.63) is 65.9 Å². The molecule has 0 fully saturated rings. The number of nitrogens with zero attached hydrogens (tertiary/aromatic N) is 1. The third-order valence-corrected chi connectivity index (χ3v) is 4.19. The standard InChI is InChI=1S/C18H14N.Ir/c1-18(2)15-8-5-11-19-17(15)14-10-9-12-6-3-4-7-13(12)16(14)18;/h3-9,11H,1-2H3;/q-1;. The predicted octanol–water partition coefficient (Wildman–Crippen LogP) is 4.34. The van der Waals surface area contributed by atoms with Gasteiger partial charge in [-0.15, -0.1) is 23.3 Å². The monoisotopic (exact) mass is 437 g/mol. The summed E-state index contributed by atoms with van der Waals surface area (Å²) in [7, 11) is 0. The van der Waals surface area contributed by atoms with Crippen LogP contribution in [-0.2, 0) is 25.5 Å². The molecule has 0 unspecified atom stereocenters. The summed E-state index contributed by atoms with van der Waals surface area (Å²) < 4.78 is 0. The summed E-state index contributed by atoms with van der Waals surface area (Å²) in [6, 6.07) is 18.3. The van der Waals surface area contributed by atoms with Crippen LogP contribution in [0.25, 0.3) is 22.0 Å². The minimum atomic E-state index is -0.00368. The van der Waals surface area contributed by atoms with E-state index in [4.69, 9.17) is 0 Å². The molecule has 3 aromatic rings. The summed E-state index contributed by atoms with van der Waals surface area (Å²) in [5.41, 5.74) is 4.92. The van der Waals surface area contributed by atoms with Gasteiger partial charge < -0.3 is 4.98 Å². The molecule has 0 amide bonds. The summed E-state index contributed by atoms with van der Waals surface area (Å²) >= 11 is 0. The summed E-state index contributed by atoms with van der Waals surface area (Å²) in [6.07, 6.45) is 1.87. The maximum Gasteiger partial charge on any atom is 0.0160 e. The zero-order valence-electron chi connectivity index (χ0n) is 11.4. The molecule has 0 N–H and O–H groups in total. The Hall–Kier alpha value is -1.50. The van der Waals surface area contributed by atoms with Crippen molar-refractivity contribution in [2.45, 2.75) is 19.3 Å². The van der Waals surface area contributed by atoms with Crippen molar-refractivity contribution in [3.63, 3.8) is 0 Å². The van der Waals surface area contributed by atoms with E-state index in [9.17, 15) is 0 Å². The molecular weight excluding hydrogens is 422 g/mol. The van der Waals surface area contributed by atoms with E-state index in [1.165, 1.54) is 27.5 Å². The molecular formula is C18H14IrN-. The van der Waals surface area contributed by atoms with Crippen LogP contribution in [0.4, 0.5) is 0 Å². The molecule has 0 spiro atoms. The number of fused-ring (bicyclic) bond motifs is 5. The first-order valence-electron chi connectivity index (χ1n) is 6.59. The van der Waals surface area contributed by atoms with E-state index in [1.54, 1.807) is 0 Å². The van der Waals surface area contributed by atoms with Gasteiger partial charge in [0.15, 0.2) is 0 Å². The Balaban J connectivity index is 0.00000121. The second-order valence-electron chi connectivity index (χ2n) is 5.65. The molecule has 0 bridgehead atoms. The van der Waals surface area contributed by atoms with E-state index in [2.05, 4.69) is 61.3 Å². The fraction of sp³-hybridized carbons (Fsp3) is 0.167. The van der Waals surface area contributed by atoms with Crippen molar-refractivity contribution in [1.82, 2.24) is 4.98 Å². The first-order valence-corrected chi connectivity index (χ1v) is 6.59. The van der Waals surface area contributed by atoms with Gasteiger partial charge >= 0.3 is 0 Å². The third kappa shape index (κ3) is 1.62. The van der Waals surface area contributed by atoms with Crippen LogP contribution in [0.5, 0.6) is 0 Å². The normalized spacial score (nSPS) is 14.5. The summed E-state index contributed by atoms with van der Waals surface area (Å²) in [6.45, 7) is 4.55. The Bertz CT molecular complexity index is 805. The van der Waals surface area contributed by atoms with Gasteiger partial charge in [0.05, 0.1) is 0 Å². The zero-order valence-corrected chi connectivity index (χ0v) is 13.8. The van der Waals surface area contributed by atoms with Crippen LogP contribution in [0.15, 0.2) is 48.7 Å². The molecule has 0 atom stereocenters. The molecule has 20 heavy (non-hydrogen) atoms. The molecule has 1 aliphatic carbocycles. The molecule has 1 aromatic heterocycles. The molecule has 1 nitrogen and oxygen atoms in total. The maximum absolute atomic E-state index is 4.57. The third-order valence-electron chi connectivity index (χ3n) is 4.19. The molecule has 1 radical (unpaired) electrons. The van der Waals surface area contributed by atoms with Gasteiger partial charge in [-0.1, -0.05) is 60.5 Å². The van der Waals surface area contributed by atoms with Crippen molar-refractivity contribution in [2.24, 2.45) is 0 Å². The van der Waals surface area contributed by atoms with Crippen LogP contribution in [0.3, 0.4) is 0 Å². The minimum absolute atomic E-state index is 0. The zero-order chi connectivity index (χ0) is 13.0. The fourth-order valence-electron chi connectivity index (χ4n) is 3.29. The van der Waals surface area contributed by atoms with Crippen molar-refractivity contribution >= 4 is 10.8 Å². The van der Waals surface area contributed by atoms with Gasteiger partial charge in [-0.25, -0.2) is 0 Å². The Morgan fingerprint density at radius 1 is 1.05 bits per heavy atom. The Morgan fingerprint density at radius 3 is 2.70 bits per heavy atom. The van der Waals surface area contributed by atoms with E-state index in [-0.39, 0.29) is 25.5 Å². The van der Waals surface area contributed by atoms with Crippen LogP contribution in [0.1, 0.15) is 25.0 Å². The van der Waals surface area contributed by atoms with Crippen LogP contribution in [0, 0.1) is 6.07 Å². The van der Waals surface area contributed by atoms with Crippen molar-refractivity contribution in [3.8, 4) is 11.3 Å². The molecule has 1 aliphatic rings. The minimum Gasteiger partial charge on any atom is -0.304 e. The molecule has 0 saturated carbocycles. The van der Waals surface area contributed by atoms with E-state index < -0.39 is 0 Å². The van der Waals surface area contributed by atoms with E-state index in [0.29, 0.717) is 0 Å². The number of hydrogen-bond donors (Lipinski definition) is 0. The molecule has 4 rings (SSSR count). The smallest absolute Gasteiger partial charge is 0.0160 e. The second-order valence-corrected chi connectivity index (χ2v) is 5.65. The van der Waals surface area contributed by atoms with Crippen LogP contribution >= 0.6 is 0 Å². The van der Waals surface area contributed by atoms with Crippen LogP contribution < -0.4 is 0 Å². The summed E-state index contributed by atoms with van der Waals surface area (Å²) in [4.78, 5) is 4.57. The fourth-order valence-corrected chi connectivity index (χ4v) is 3.29. The van der Waals surface area contributed by atoms with Gasteiger partial charge in [-0.3, -0.25) is 0 Å². The maximum atomic E-state index is 4.57. The number of hydrogen-bond acceptors (Lipinski definition) is 1. The van der Waals surface area contributed by atoms with E-state index in [1.807, 2.05) is 12.3 Å². The van der Waals surface area contributed by atoms with Crippen molar-refractivity contribution in [1.29, 1.82) is 0 Å². The molecule has 0 aliphatic heterocycles. The predicted molar refractivity (Wildman–Crippen MR) is 78.1 cm³/mol. The summed E-state index contributed by atoms with van der Waals surface area (Å²) in [5.74, 6) is 0. The van der Waals surface area contributed by atoms with Gasteiger partial charge in [0, 0.05) is 26.3 Å². The van der Waals surface area contributed by atoms with Crippen LogP contribution in [-0.4, -0.2) is 4.98 Å². The second kappa shape index (κ2) is 4.51. The van der Waals surface area contributed by atoms with Gasteiger partial charge in [0.1, 0.15) is 0 Å². The van der Waals surface area contributed by atoms with Crippen molar-refractivity contribution in [2.75, 3.05) is 0 Å². The summed E-state index contributed by atoms with van der Waals surface area (Å²) in [5, 5.41) is 2.57. The molecule has 101 valence electrons.